The monoisotopic (exact) mass is 326 g/mol. The molecule has 0 spiro atoms. The Hall–Kier alpha value is -0.604. The van der Waals surface area contributed by atoms with E-state index in [0.29, 0.717) is 21.6 Å². The molecular formula is C15H22OSeSi. The molecule has 0 heterocycles. The minimum absolute atomic E-state index is 0.424. The zero-order chi connectivity index (χ0) is 13.4. The molecule has 0 aromatic heterocycles. The van der Waals surface area contributed by atoms with Gasteiger partial charge in [-0.25, -0.2) is 0 Å². The molecule has 1 aromatic carbocycles. The van der Waals surface area contributed by atoms with Gasteiger partial charge in [0.05, 0.1) is 0 Å². The summed E-state index contributed by atoms with van der Waals surface area (Å²) in [6.45, 7) is 7.82. The summed E-state index contributed by atoms with van der Waals surface area (Å²) in [5.74, 6) is 0. The van der Waals surface area contributed by atoms with Gasteiger partial charge in [0.25, 0.3) is 0 Å². The summed E-state index contributed by atoms with van der Waals surface area (Å²) in [5, 5.41) is 1.47. The van der Waals surface area contributed by atoms with Crippen molar-refractivity contribution in [2.75, 3.05) is 13.7 Å². The van der Waals surface area contributed by atoms with E-state index in [9.17, 15) is 0 Å². The van der Waals surface area contributed by atoms with Crippen molar-refractivity contribution in [3.8, 4) is 0 Å². The Labute approximate surface area is 118 Å². The zero-order valence-corrected chi connectivity index (χ0v) is 14.4. The molecule has 0 aliphatic rings. The molecule has 0 aliphatic carbocycles. The second-order valence-electron chi connectivity index (χ2n) is 5.10. The molecule has 98 valence electrons. The molecule has 1 nitrogen and oxygen atoms in total. The molecule has 0 radical (unpaired) electrons. The standard InChI is InChI=1S/C15H22OSeSi/c1-16-12-10-15(18(2,3)4)11-13-17-14-8-6-5-7-9-14/h5-11,13H,12H2,1-4H3/b13-11+,15-10-. The third kappa shape index (κ3) is 5.83. The Balaban J connectivity index is 2.67. The summed E-state index contributed by atoms with van der Waals surface area (Å²) in [5.41, 5.74) is 0. The SMILES string of the molecule is COC/C=C(/C=C/[Se]c1ccccc1)[Si](C)(C)C. The molecule has 0 atom stereocenters. The summed E-state index contributed by atoms with van der Waals surface area (Å²) in [6.07, 6.45) is 4.53. The van der Waals surface area contributed by atoms with Crippen LogP contribution in [-0.4, -0.2) is 36.7 Å². The van der Waals surface area contributed by atoms with Gasteiger partial charge >= 0.3 is 118 Å². The van der Waals surface area contributed by atoms with Gasteiger partial charge in [-0.2, -0.15) is 0 Å². The predicted molar refractivity (Wildman–Crippen MR) is 84.3 cm³/mol. The van der Waals surface area contributed by atoms with Crippen LogP contribution < -0.4 is 4.46 Å². The van der Waals surface area contributed by atoms with Crippen LogP contribution in [0.5, 0.6) is 0 Å². The number of rotatable bonds is 6. The van der Waals surface area contributed by atoms with E-state index in [0.717, 1.165) is 0 Å². The van der Waals surface area contributed by atoms with Crippen LogP contribution in [-0.2, 0) is 4.74 Å². The Kier molecular flexibility index (Phi) is 6.65. The fourth-order valence-electron chi connectivity index (χ4n) is 1.48. The van der Waals surface area contributed by atoms with E-state index >= 15 is 0 Å². The number of ether oxygens (including phenoxy) is 1. The molecule has 0 saturated heterocycles. The van der Waals surface area contributed by atoms with Crippen molar-refractivity contribution in [3.63, 3.8) is 0 Å². The second kappa shape index (κ2) is 7.75. The fourth-order valence-corrected chi connectivity index (χ4v) is 4.47. The van der Waals surface area contributed by atoms with Crippen LogP contribution in [0.2, 0.25) is 19.6 Å². The van der Waals surface area contributed by atoms with Gasteiger partial charge in [0.1, 0.15) is 0 Å². The van der Waals surface area contributed by atoms with Crippen LogP contribution in [0.1, 0.15) is 0 Å². The van der Waals surface area contributed by atoms with Crippen molar-refractivity contribution in [2.45, 2.75) is 19.6 Å². The summed E-state index contributed by atoms with van der Waals surface area (Å²) < 4.78 is 6.57. The van der Waals surface area contributed by atoms with E-state index in [1.165, 1.54) is 9.66 Å². The quantitative estimate of drug-likeness (QED) is 0.577. The van der Waals surface area contributed by atoms with Crippen molar-refractivity contribution < 1.29 is 4.74 Å². The van der Waals surface area contributed by atoms with Gasteiger partial charge in [0.2, 0.25) is 0 Å². The second-order valence-corrected chi connectivity index (χ2v) is 12.2. The Morgan fingerprint density at radius 1 is 1.22 bits per heavy atom. The van der Waals surface area contributed by atoms with Crippen molar-refractivity contribution in [1.29, 1.82) is 0 Å². The molecule has 3 heteroatoms. The van der Waals surface area contributed by atoms with Gasteiger partial charge in [0.15, 0.2) is 0 Å². The van der Waals surface area contributed by atoms with E-state index in [1.807, 2.05) is 0 Å². The van der Waals surface area contributed by atoms with Crippen LogP contribution in [0.25, 0.3) is 0 Å². The van der Waals surface area contributed by atoms with E-state index in [4.69, 9.17) is 4.74 Å². The van der Waals surface area contributed by atoms with Crippen molar-refractivity contribution in [2.24, 2.45) is 0 Å². The third-order valence-electron chi connectivity index (χ3n) is 2.53. The molecule has 1 rings (SSSR count). The number of benzene rings is 1. The predicted octanol–water partition coefficient (Wildman–Crippen LogP) is 2.98. The molecule has 0 fully saturated rings. The van der Waals surface area contributed by atoms with Gasteiger partial charge in [-0.1, -0.05) is 0 Å². The number of methoxy groups -OCH3 is 1. The first kappa shape index (κ1) is 15.5. The van der Waals surface area contributed by atoms with Crippen LogP contribution in [0.3, 0.4) is 0 Å². The van der Waals surface area contributed by atoms with Crippen LogP contribution in [0.4, 0.5) is 0 Å². The van der Waals surface area contributed by atoms with E-state index in [1.54, 1.807) is 7.11 Å². The average molecular weight is 325 g/mol. The van der Waals surface area contributed by atoms with Crippen LogP contribution >= 0.6 is 0 Å². The van der Waals surface area contributed by atoms with Gasteiger partial charge < -0.3 is 0 Å². The molecule has 0 aliphatic heterocycles. The van der Waals surface area contributed by atoms with Gasteiger partial charge in [0, 0.05) is 0 Å². The molecule has 0 amide bonds. The topological polar surface area (TPSA) is 9.23 Å². The summed E-state index contributed by atoms with van der Waals surface area (Å²) in [6, 6.07) is 10.7. The molecule has 0 saturated carbocycles. The Bertz CT molecular complexity index is 404. The Morgan fingerprint density at radius 3 is 2.44 bits per heavy atom. The molecule has 0 bridgehead atoms. The zero-order valence-electron chi connectivity index (χ0n) is 11.6. The first-order valence-electron chi connectivity index (χ1n) is 6.12. The summed E-state index contributed by atoms with van der Waals surface area (Å²) in [7, 11) is 0.488. The summed E-state index contributed by atoms with van der Waals surface area (Å²) >= 11 is 0.424. The average Bonchev–Trinajstić information content (AvgIpc) is 2.33. The van der Waals surface area contributed by atoms with E-state index < -0.39 is 8.07 Å². The Morgan fingerprint density at radius 2 is 1.89 bits per heavy atom. The first-order chi connectivity index (χ1) is 8.54. The van der Waals surface area contributed by atoms with E-state index in [2.05, 4.69) is 67.1 Å². The maximum absolute atomic E-state index is 5.15. The first-order valence-corrected chi connectivity index (χ1v) is 11.5. The normalized spacial score (nSPS) is 13.2. The van der Waals surface area contributed by atoms with Gasteiger partial charge in [-0.3, -0.25) is 0 Å². The minimum atomic E-state index is -1.26. The molecule has 1 aromatic rings. The summed E-state index contributed by atoms with van der Waals surface area (Å²) in [4.78, 5) is 2.32. The van der Waals surface area contributed by atoms with Crippen LogP contribution in [0, 0.1) is 0 Å². The van der Waals surface area contributed by atoms with Crippen molar-refractivity contribution in [3.05, 3.63) is 52.7 Å². The van der Waals surface area contributed by atoms with Gasteiger partial charge in [-0.05, 0) is 0 Å². The fraction of sp³-hybridized carbons (Fsp3) is 0.333. The third-order valence-corrected chi connectivity index (χ3v) is 6.35. The molecule has 0 unspecified atom stereocenters. The van der Waals surface area contributed by atoms with Crippen molar-refractivity contribution in [1.82, 2.24) is 0 Å². The number of hydrogen-bond donors (Lipinski definition) is 0. The molecule has 0 N–H and O–H groups in total. The number of allylic oxidation sites excluding steroid dienone is 2. The molecular weight excluding hydrogens is 303 g/mol. The molecule has 18 heavy (non-hydrogen) atoms. The maximum atomic E-state index is 5.15. The van der Waals surface area contributed by atoms with Crippen molar-refractivity contribution >= 4 is 27.5 Å². The van der Waals surface area contributed by atoms with E-state index in [-0.39, 0.29) is 0 Å². The van der Waals surface area contributed by atoms with Crippen LogP contribution in [0.15, 0.2) is 52.7 Å². The van der Waals surface area contributed by atoms with Gasteiger partial charge in [-0.15, -0.1) is 0 Å². The number of hydrogen-bond acceptors (Lipinski definition) is 1.